The average molecular weight is 241 g/mol. The van der Waals surface area contributed by atoms with Gasteiger partial charge in [-0.3, -0.25) is 0 Å². The maximum absolute atomic E-state index is 3.77. The summed E-state index contributed by atoms with van der Waals surface area (Å²) < 4.78 is 0. The van der Waals surface area contributed by atoms with Crippen LogP contribution in [0.3, 0.4) is 0 Å². The SMILES string of the molecule is CSC1CCCC1NC(C)c1ccsc1. The highest BCUT2D eigenvalue weighted by Gasteiger charge is 2.27. The first kappa shape index (κ1) is 11.5. The maximum atomic E-state index is 3.77. The molecule has 0 amide bonds. The van der Waals surface area contributed by atoms with Crippen molar-refractivity contribution in [1.82, 2.24) is 5.32 Å². The zero-order chi connectivity index (χ0) is 10.7. The van der Waals surface area contributed by atoms with Gasteiger partial charge in [0.15, 0.2) is 0 Å². The largest absolute Gasteiger partial charge is 0.306 e. The third-order valence-electron chi connectivity index (χ3n) is 3.26. The summed E-state index contributed by atoms with van der Waals surface area (Å²) in [5, 5.41) is 9.00. The number of hydrogen-bond acceptors (Lipinski definition) is 3. The third kappa shape index (κ3) is 2.77. The van der Waals surface area contributed by atoms with Crippen molar-refractivity contribution >= 4 is 23.1 Å². The van der Waals surface area contributed by atoms with Crippen LogP contribution in [0.4, 0.5) is 0 Å². The van der Waals surface area contributed by atoms with Crippen LogP contribution in [-0.2, 0) is 0 Å². The summed E-state index contributed by atoms with van der Waals surface area (Å²) in [6, 6.07) is 3.45. The monoisotopic (exact) mass is 241 g/mol. The molecule has 0 aliphatic heterocycles. The van der Waals surface area contributed by atoms with Gasteiger partial charge in [-0.05, 0) is 48.4 Å². The summed E-state index contributed by atoms with van der Waals surface area (Å²) in [7, 11) is 0. The Hall–Kier alpha value is 0.01000. The third-order valence-corrected chi connectivity index (χ3v) is 5.13. The Morgan fingerprint density at radius 2 is 2.40 bits per heavy atom. The van der Waals surface area contributed by atoms with Crippen LogP contribution in [0.2, 0.25) is 0 Å². The Kier molecular flexibility index (Phi) is 4.12. The highest BCUT2D eigenvalue weighted by atomic mass is 32.2. The Labute approximate surface area is 101 Å². The quantitative estimate of drug-likeness (QED) is 0.863. The van der Waals surface area contributed by atoms with Crippen LogP contribution < -0.4 is 5.32 Å². The molecule has 0 radical (unpaired) electrons. The first-order valence-electron chi connectivity index (χ1n) is 5.62. The van der Waals surface area contributed by atoms with Crippen LogP contribution in [0.15, 0.2) is 16.8 Å². The van der Waals surface area contributed by atoms with E-state index in [0.29, 0.717) is 6.04 Å². The van der Waals surface area contributed by atoms with E-state index < -0.39 is 0 Å². The predicted octanol–water partition coefficient (Wildman–Crippen LogP) is 3.68. The van der Waals surface area contributed by atoms with E-state index in [2.05, 4.69) is 35.3 Å². The minimum absolute atomic E-state index is 0.508. The molecule has 1 aliphatic carbocycles. The molecule has 0 aromatic carbocycles. The van der Waals surface area contributed by atoms with Crippen LogP contribution in [0.5, 0.6) is 0 Å². The molecule has 1 nitrogen and oxygen atoms in total. The molecule has 15 heavy (non-hydrogen) atoms. The lowest BCUT2D eigenvalue weighted by molar-refractivity contribution is 0.468. The molecule has 1 aromatic rings. The van der Waals surface area contributed by atoms with Crippen molar-refractivity contribution in [3.63, 3.8) is 0 Å². The Bertz CT molecular complexity index is 284. The fraction of sp³-hybridized carbons (Fsp3) is 0.667. The van der Waals surface area contributed by atoms with Gasteiger partial charge in [0.25, 0.3) is 0 Å². The van der Waals surface area contributed by atoms with Gasteiger partial charge in [0.2, 0.25) is 0 Å². The molecular formula is C12H19NS2. The van der Waals surface area contributed by atoms with E-state index in [0.717, 1.165) is 11.3 Å². The number of nitrogens with one attached hydrogen (secondary N) is 1. The highest BCUT2D eigenvalue weighted by molar-refractivity contribution is 7.99. The molecule has 0 bridgehead atoms. The molecule has 0 spiro atoms. The number of hydrogen-bond donors (Lipinski definition) is 1. The second-order valence-electron chi connectivity index (χ2n) is 4.26. The van der Waals surface area contributed by atoms with E-state index in [1.54, 1.807) is 11.3 Å². The molecule has 0 saturated heterocycles. The Balaban J connectivity index is 1.91. The van der Waals surface area contributed by atoms with Gasteiger partial charge in [-0.15, -0.1) is 0 Å². The van der Waals surface area contributed by atoms with Crippen LogP contribution in [0.1, 0.15) is 37.8 Å². The van der Waals surface area contributed by atoms with E-state index in [4.69, 9.17) is 0 Å². The van der Waals surface area contributed by atoms with Gasteiger partial charge < -0.3 is 5.32 Å². The summed E-state index contributed by atoms with van der Waals surface area (Å²) in [6.07, 6.45) is 6.36. The van der Waals surface area contributed by atoms with Gasteiger partial charge in [-0.1, -0.05) is 6.42 Å². The highest BCUT2D eigenvalue weighted by Crippen LogP contribution is 2.30. The van der Waals surface area contributed by atoms with Crippen LogP contribution >= 0.6 is 23.1 Å². The molecule has 84 valence electrons. The molecule has 1 N–H and O–H groups in total. The Morgan fingerprint density at radius 1 is 1.53 bits per heavy atom. The molecule has 3 atom stereocenters. The Morgan fingerprint density at radius 3 is 3.07 bits per heavy atom. The number of rotatable bonds is 4. The van der Waals surface area contributed by atoms with Gasteiger partial charge in [0, 0.05) is 17.3 Å². The van der Waals surface area contributed by atoms with Gasteiger partial charge in [0.1, 0.15) is 0 Å². The minimum atomic E-state index is 0.508. The molecule has 1 saturated carbocycles. The van der Waals surface area contributed by atoms with Crippen molar-refractivity contribution in [2.24, 2.45) is 0 Å². The van der Waals surface area contributed by atoms with E-state index >= 15 is 0 Å². The van der Waals surface area contributed by atoms with Crippen LogP contribution in [-0.4, -0.2) is 17.5 Å². The predicted molar refractivity (Wildman–Crippen MR) is 70.8 cm³/mol. The van der Waals surface area contributed by atoms with Crippen molar-refractivity contribution in [2.75, 3.05) is 6.26 Å². The summed E-state index contributed by atoms with van der Waals surface area (Å²) >= 11 is 3.81. The van der Waals surface area contributed by atoms with Crippen LogP contribution in [0.25, 0.3) is 0 Å². The lowest BCUT2D eigenvalue weighted by atomic mass is 10.1. The zero-order valence-electron chi connectivity index (χ0n) is 9.40. The van der Waals surface area contributed by atoms with Gasteiger partial charge in [-0.2, -0.15) is 23.1 Å². The standard InChI is InChI=1S/C12H19NS2/c1-9(10-6-7-15-8-10)13-11-4-3-5-12(11)14-2/h6-9,11-13H,3-5H2,1-2H3. The zero-order valence-corrected chi connectivity index (χ0v) is 11.0. The topological polar surface area (TPSA) is 12.0 Å². The van der Waals surface area contributed by atoms with Gasteiger partial charge >= 0.3 is 0 Å². The van der Waals surface area contributed by atoms with E-state index in [9.17, 15) is 0 Å². The van der Waals surface area contributed by atoms with E-state index in [1.807, 2.05) is 11.8 Å². The van der Waals surface area contributed by atoms with E-state index in [-0.39, 0.29) is 0 Å². The van der Waals surface area contributed by atoms with Crippen LogP contribution in [0, 0.1) is 0 Å². The second kappa shape index (κ2) is 5.37. The number of thiophene rings is 1. The van der Waals surface area contributed by atoms with Crippen molar-refractivity contribution in [2.45, 2.75) is 43.5 Å². The fourth-order valence-corrected chi connectivity index (χ4v) is 4.04. The van der Waals surface area contributed by atoms with Gasteiger partial charge in [-0.25, -0.2) is 0 Å². The average Bonchev–Trinajstić information content (AvgIpc) is 2.87. The molecule has 2 rings (SSSR count). The molecule has 1 aliphatic rings. The number of thioether (sulfide) groups is 1. The summed E-state index contributed by atoms with van der Waals surface area (Å²) in [5.41, 5.74) is 1.44. The lowest BCUT2D eigenvalue weighted by Crippen LogP contribution is -2.35. The minimum Gasteiger partial charge on any atom is -0.306 e. The molecule has 1 aromatic heterocycles. The molecule has 1 fully saturated rings. The summed E-state index contributed by atoms with van der Waals surface area (Å²) in [5.74, 6) is 0. The van der Waals surface area contributed by atoms with E-state index in [1.165, 1.54) is 24.8 Å². The summed E-state index contributed by atoms with van der Waals surface area (Å²) in [6.45, 7) is 2.28. The molecule has 1 heterocycles. The molecule has 3 heteroatoms. The van der Waals surface area contributed by atoms with Crippen molar-refractivity contribution in [3.8, 4) is 0 Å². The maximum Gasteiger partial charge on any atom is 0.0303 e. The van der Waals surface area contributed by atoms with Crippen molar-refractivity contribution in [1.29, 1.82) is 0 Å². The fourth-order valence-electron chi connectivity index (χ4n) is 2.34. The first-order valence-corrected chi connectivity index (χ1v) is 7.85. The molecular weight excluding hydrogens is 222 g/mol. The smallest absolute Gasteiger partial charge is 0.0303 e. The first-order chi connectivity index (χ1) is 7.31. The second-order valence-corrected chi connectivity index (χ2v) is 6.11. The van der Waals surface area contributed by atoms with Gasteiger partial charge in [0.05, 0.1) is 0 Å². The summed E-state index contributed by atoms with van der Waals surface area (Å²) in [4.78, 5) is 0. The van der Waals surface area contributed by atoms with Crippen molar-refractivity contribution in [3.05, 3.63) is 22.4 Å². The lowest BCUT2D eigenvalue weighted by Gasteiger charge is -2.23. The molecule has 3 unspecified atom stereocenters. The normalized spacial score (nSPS) is 28.1. The van der Waals surface area contributed by atoms with Crippen molar-refractivity contribution < 1.29 is 0 Å².